The zero-order valence-electron chi connectivity index (χ0n) is 11.5. The lowest BCUT2D eigenvalue weighted by Gasteiger charge is -2.14. The molecule has 2 N–H and O–H groups in total. The molecule has 0 saturated carbocycles. The molecule has 0 radical (unpaired) electrons. The third kappa shape index (κ3) is 3.41. The molecule has 0 saturated heterocycles. The van der Waals surface area contributed by atoms with Crippen LogP contribution in [0.2, 0.25) is 5.02 Å². The van der Waals surface area contributed by atoms with Gasteiger partial charge in [0.25, 0.3) is 0 Å². The van der Waals surface area contributed by atoms with Crippen molar-refractivity contribution in [2.24, 2.45) is 5.73 Å². The van der Waals surface area contributed by atoms with Crippen LogP contribution in [0.25, 0.3) is 10.8 Å². The van der Waals surface area contributed by atoms with Gasteiger partial charge in [-0.05, 0) is 40.6 Å². The molecule has 3 heteroatoms. The van der Waals surface area contributed by atoms with Crippen LogP contribution in [0.4, 0.5) is 0 Å². The number of hydrogen-bond donors (Lipinski definition) is 1. The van der Waals surface area contributed by atoms with Gasteiger partial charge >= 0.3 is 0 Å². The third-order valence-electron chi connectivity index (χ3n) is 3.47. The maximum Gasteiger partial charge on any atom is 0.0406 e. The van der Waals surface area contributed by atoms with Crippen molar-refractivity contribution in [2.75, 3.05) is 5.75 Å². The van der Waals surface area contributed by atoms with Crippen molar-refractivity contribution >= 4 is 34.1 Å². The molecular weight excluding hydrogens is 298 g/mol. The molecule has 0 aliphatic rings. The number of thioether (sulfide) groups is 1. The van der Waals surface area contributed by atoms with Gasteiger partial charge in [0.15, 0.2) is 0 Å². The summed E-state index contributed by atoms with van der Waals surface area (Å²) in [5, 5.41) is 3.24. The fourth-order valence-corrected chi connectivity index (χ4v) is 3.39. The van der Waals surface area contributed by atoms with Gasteiger partial charge in [0, 0.05) is 21.7 Å². The van der Waals surface area contributed by atoms with Crippen LogP contribution in [-0.4, -0.2) is 5.75 Å². The number of halogens is 1. The Morgan fingerprint density at radius 2 is 1.62 bits per heavy atom. The van der Waals surface area contributed by atoms with Gasteiger partial charge in [-0.1, -0.05) is 54.1 Å². The lowest BCUT2D eigenvalue weighted by molar-refractivity contribution is 0.840. The van der Waals surface area contributed by atoms with E-state index in [1.165, 1.54) is 21.2 Å². The summed E-state index contributed by atoms with van der Waals surface area (Å²) in [5.74, 6) is 0.843. The maximum atomic E-state index is 6.39. The van der Waals surface area contributed by atoms with Crippen molar-refractivity contribution in [1.82, 2.24) is 0 Å². The average molecular weight is 314 g/mol. The standard InChI is InChI=1S/C18H16ClNS/c19-14-8-10-15(11-9-14)21-12-18(20)17-7-3-5-13-4-1-2-6-16(13)17/h1-11,18H,12,20H2. The summed E-state index contributed by atoms with van der Waals surface area (Å²) < 4.78 is 0. The Morgan fingerprint density at radius 3 is 2.43 bits per heavy atom. The largest absolute Gasteiger partial charge is 0.323 e. The highest BCUT2D eigenvalue weighted by Gasteiger charge is 2.10. The molecule has 106 valence electrons. The summed E-state index contributed by atoms with van der Waals surface area (Å²) in [6, 6.07) is 22.6. The molecule has 0 aromatic heterocycles. The van der Waals surface area contributed by atoms with E-state index in [-0.39, 0.29) is 6.04 Å². The molecule has 1 atom stereocenters. The molecule has 0 heterocycles. The van der Waals surface area contributed by atoms with Crippen LogP contribution in [0.3, 0.4) is 0 Å². The van der Waals surface area contributed by atoms with Crippen molar-refractivity contribution in [2.45, 2.75) is 10.9 Å². The first kappa shape index (κ1) is 14.5. The lowest BCUT2D eigenvalue weighted by atomic mass is 10.0. The molecule has 1 nitrogen and oxygen atoms in total. The highest BCUT2D eigenvalue weighted by Crippen LogP contribution is 2.28. The molecule has 3 aromatic carbocycles. The smallest absolute Gasteiger partial charge is 0.0406 e. The minimum absolute atomic E-state index is 0.0109. The first-order valence-corrected chi connectivity index (χ1v) is 8.22. The van der Waals surface area contributed by atoms with Gasteiger partial charge in [0.05, 0.1) is 0 Å². The van der Waals surface area contributed by atoms with Crippen LogP contribution < -0.4 is 5.73 Å². The van der Waals surface area contributed by atoms with Gasteiger partial charge in [-0.15, -0.1) is 11.8 Å². The number of nitrogens with two attached hydrogens (primary N) is 1. The van der Waals surface area contributed by atoms with Gasteiger partial charge in [0.2, 0.25) is 0 Å². The molecule has 0 amide bonds. The third-order valence-corrected chi connectivity index (χ3v) is 4.85. The summed E-state index contributed by atoms with van der Waals surface area (Å²) >= 11 is 7.66. The van der Waals surface area contributed by atoms with Gasteiger partial charge in [-0.25, -0.2) is 0 Å². The monoisotopic (exact) mass is 313 g/mol. The van der Waals surface area contributed by atoms with E-state index in [4.69, 9.17) is 17.3 Å². The molecular formula is C18H16ClNS. The van der Waals surface area contributed by atoms with Gasteiger partial charge in [0.1, 0.15) is 0 Å². The van der Waals surface area contributed by atoms with Crippen LogP contribution in [0.15, 0.2) is 71.6 Å². The van der Waals surface area contributed by atoms with Crippen LogP contribution >= 0.6 is 23.4 Å². The second kappa shape index (κ2) is 6.52. The minimum Gasteiger partial charge on any atom is -0.323 e. The summed E-state index contributed by atoms with van der Waals surface area (Å²) in [5.41, 5.74) is 7.60. The van der Waals surface area contributed by atoms with Crippen LogP contribution in [0.5, 0.6) is 0 Å². The number of benzene rings is 3. The van der Waals surface area contributed by atoms with Crippen LogP contribution in [-0.2, 0) is 0 Å². The Kier molecular flexibility index (Phi) is 4.49. The van der Waals surface area contributed by atoms with E-state index < -0.39 is 0 Å². The Bertz CT molecular complexity index is 734. The summed E-state index contributed by atoms with van der Waals surface area (Å²) in [6.45, 7) is 0. The van der Waals surface area contributed by atoms with E-state index in [0.29, 0.717) is 0 Å². The predicted octanol–water partition coefficient (Wildman–Crippen LogP) is 5.29. The Balaban J connectivity index is 1.78. The van der Waals surface area contributed by atoms with Gasteiger partial charge in [-0.2, -0.15) is 0 Å². The van der Waals surface area contributed by atoms with Crippen molar-refractivity contribution in [3.8, 4) is 0 Å². The molecule has 3 rings (SSSR count). The SMILES string of the molecule is NC(CSc1ccc(Cl)cc1)c1cccc2ccccc12. The van der Waals surface area contributed by atoms with E-state index in [0.717, 1.165) is 10.8 Å². The second-order valence-electron chi connectivity index (χ2n) is 4.94. The molecule has 0 aliphatic heterocycles. The minimum atomic E-state index is 0.0109. The zero-order valence-corrected chi connectivity index (χ0v) is 13.1. The highest BCUT2D eigenvalue weighted by molar-refractivity contribution is 7.99. The zero-order chi connectivity index (χ0) is 14.7. The highest BCUT2D eigenvalue weighted by atomic mass is 35.5. The van der Waals surface area contributed by atoms with E-state index in [1.54, 1.807) is 11.8 Å². The van der Waals surface area contributed by atoms with E-state index >= 15 is 0 Å². The van der Waals surface area contributed by atoms with Crippen molar-refractivity contribution < 1.29 is 0 Å². The molecule has 0 spiro atoms. The van der Waals surface area contributed by atoms with Crippen molar-refractivity contribution in [3.05, 3.63) is 77.3 Å². The van der Waals surface area contributed by atoms with Crippen LogP contribution in [0, 0.1) is 0 Å². The Hall–Kier alpha value is -1.48. The topological polar surface area (TPSA) is 26.0 Å². The Morgan fingerprint density at radius 1 is 0.905 bits per heavy atom. The molecule has 0 bridgehead atoms. The number of fused-ring (bicyclic) bond motifs is 1. The fourth-order valence-electron chi connectivity index (χ4n) is 2.38. The maximum absolute atomic E-state index is 6.39. The lowest BCUT2D eigenvalue weighted by Crippen LogP contribution is -2.13. The average Bonchev–Trinajstić information content (AvgIpc) is 2.53. The van der Waals surface area contributed by atoms with Gasteiger partial charge < -0.3 is 5.73 Å². The molecule has 0 fully saturated rings. The van der Waals surface area contributed by atoms with Crippen LogP contribution in [0.1, 0.15) is 11.6 Å². The number of rotatable bonds is 4. The van der Waals surface area contributed by atoms with Crippen molar-refractivity contribution in [1.29, 1.82) is 0 Å². The fraction of sp³-hybridized carbons (Fsp3) is 0.111. The normalized spacial score (nSPS) is 12.5. The molecule has 1 unspecified atom stereocenters. The summed E-state index contributed by atoms with van der Waals surface area (Å²) in [4.78, 5) is 1.19. The summed E-state index contributed by atoms with van der Waals surface area (Å²) in [6.07, 6.45) is 0. The van der Waals surface area contributed by atoms with E-state index in [9.17, 15) is 0 Å². The Labute approximate surface area is 134 Å². The summed E-state index contributed by atoms with van der Waals surface area (Å²) in [7, 11) is 0. The van der Waals surface area contributed by atoms with E-state index in [2.05, 4.69) is 42.5 Å². The molecule has 3 aromatic rings. The first-order valence-electron chi connectivity index (χ1n) is 6.85. The predicted molar refractivity (Wildman–Crippen MR) is 93.1 cm³/mol. The molecule has 21 heavy (non-hydrogen) atoms. The number of hydrogen-bond acceptors (Lipinski definition) is 2. The molecule has 0 aliphatic carbocycles. The van der Waals surface area contributed by atoms with Crippen molar-refractivity contribution in [3.63, 3.8) is 0 Å². The van der Waals surface area contributed by atoms with E-state index in [1.807, 2.05) is 24.3 Å². The quantitative estimate of drug-likeness (QED) is 0.663. The first-order chi connectivity index (χ1) is 10.2. The van der Waals surface area contributed by atoms with Gasteiger partial charge in [-0.3, -0.25) is 0 Å². The second-order valence-corrected chi connectivity index (χ2v) is 6.47.